The van der Waals surface area contributed by atoms with E-state index in [2.05, 4.69) is 48.4 Å². The molecule has 0 saturated carbocycles. The highest BCUT2D eigenvalue weighted by Gasteiger charge is 2.48. The Bertz CT molecular complexity index is 1230. The maximum Gasteiger partial charge on any atom is 0.410 e. The maximum absolute atomic E-state index is 15.4. The number of piperidine rings is 2. The Hall–Kier alpha value is -1.54. The highest BCUT2D eigenvalue weighted by Crippen LogP contribution is 2.43. The first-order valence-corrected chi connectivity index (χ1v) is 14.8. The lowest BCUT2D eigenvalue weighted by Gasteiger charge is -2.53. The Morgan fingerprint density at radius 2 is 1.89 bits per heavy atom. The van der Waals surface area contributed by atoms with Gasteiger partial charge in [0.15, 0.2) is 5.82 Å². The first kappa shape index (κ1) is 28.0. The van der Waals surface area contributed by atoms with Gasteiger partial charge in [0.1, 0.15) is 29.2 Å². The van der Waals surface area contributed by atoms with E-state index in [0.717, 1.165) is 12.8 Å². The number of hydrogen-bond donors (Lipinski definition) is 0. The van der Waals surface area contributed by atoms with Crippen molar-refractivity contribution in [3.05, 3.63) is 19.9 Å². The van der Waals surface area contributed by atoms with Crippen molar-refractivity contribution >= 4 is 61.3 Å². The molecule has 1 spiro atoms. The van der Waals surface area contributed by atoms with Crippen LogP contribution in [0.15, 0.2) is 10.5 Å². The molecule has 3 aliphatic heterocycles. The van der Waals surface area contributed by atoms with E-state index in [-0.39, 0.29) is 29.6 Å². The topological polar surface area (TPSA) is 71.0 Å². The minimum absolute atomic E-state index is 0.00302. The third kappa shape index (κ3) is 5.67. The van der Waals surface area contributed by atoms with Crippen molar-refractivity contribution in [3.8, 4) is 6.01 Å². The lowest BCUT2D eigenvalue weighted by molar-refractivity contribution is -0.0434. The zero-order chi connectivity index (χ0) is 27.4. The number of benzene rings is 1. The number of carbonyl (C=O) groups is 1. The summed E-state index contributed by atoms with van der Waals surface area (Å²) in [5.74, 6) is 0.108. The molecule has 0 aliphatic carbocycles. The van der Waals surface area contributed by atoms with Gasteiger partial charge in [0, 0.05) is 60.1 Å². The Morgan fingerprint density at radius 3 is 2.53 bits per heavy atom. The third-order valence-corrected chi connectivity index (χ3v) is 9.92. The smallest absolute Gasteiger partial charge is 0.410 e. The van der Waals surface area contributed by atoms with Crippen LogP contribution in [0.4, 0.5) is 19.4 Å². The van der Waals surface area contributed by atoms with Gasteiger partial charge in [0.2, 0.25) is 0 Å². The van der Waals surface area contributed by atoms with Crippen LogP contribution < -0.4 is 9.64 Å². The molecule has 8 nitrogen and oxygen atoms in total. The summed E-state index contributed by atoms with van der Waals surface area (Å²) < 4.78 is 42.6. The first-order chi connectivity index (χ1) is 17.8. The normalized spacial score (nSPS) is 24.0. The molecule has 3 fully saturated rings. The Morgan fingerprint density at radius 1 is 1.21 bits per heavy atom. The minimum Gasteiger partial charge on any atom is -0.457 e. The molecule has 1 amide bonds. The van der Waals surface area contributed by atoms with Crippen LogP contribution in [0, 0.1) is 14.8 Å². The molecule has 1 aromatic heterocycles. The first-order valence-electron chi connectivity index (χ1n) is 12.9. The molecule has 2 unspecified atom stereocenters. The van der Waals surface area contributed by atoms with E-state index in [0.29, 0.717) is 58.4 Å². The van der Waals surface area contributed by atoms with Crippen LogP contribution in [0.3, 0.4) is 0 Å². The summed E-state index contributed by atoms with van der Waals surface area (Å²) in [6.45, 7) is 9.31. The monoisotopic (exact) mass is 707 g/mol. The van der Waals surface area contributed by atoms with Crippen LogP contribution >= 0.6 is 38.5 Å². The van der Waals surface area contributed by atoms with Gasteiger partial charge in [0.25, 0.3) is 0 Å². The summed E-state index contributed by atoms with van der Waals surface area (Å²) >= 11 is 5.41. The average Bonchev–Trinajstić information content (AvgIpc) is 2.82. The second-order valence-electron chi connectivity index (χ2n) is 11.8. The molecule has 3 aliphatic rings. The van der Waals surface area contributed by atoms with E-state index < -0.39 is 23.7 Å². The van der Waals surface area contributed by atoms with E-state index in [9.17, 15) is 9.18 Å². The van der Waals surface area contributed by atoms with Gasteiger partial charge < -0.3 is 24.2 Å². The van der Waals surface area contributed by atoms with Crippen LogP contribution in [0.2, 0.25) is 0 Å². The van der Waals surface area contributed by atoms with Crippen molar-refractivity contribution in [1.29, 1.82) is 0 Å². The molecule has 2 aromatic rings. The van der Waals surface area contributed by atoms with Crippen LogP contribution in [0.25, 0.3) is 10.9 Å². The molecule has 1 aromatic carbocycles. The second-order valence-corrected chi connectivity index (χ2v) is 13.7. The zero-order valence-electron chi connectivity index (χ0n) is 22.1. The molecule has 208 valence electrons. The van der Waals surface area contributed by atoms with Crippen LogP contribution in [-0.2, 0) is 4.74 Å². The number of rotatable bonds is 3. The van der Waals surface area contributed by atoms with Gasteiger partial charge >= 0.3 is 12.1 Å². The zero-order valence-corrected chi connectivity index (χ0v) is 25.8. The fourth-order valence-electron chi connectivity index (χ4n) is 5.46. The third-order valence-electron chi connectivity index (χ3n) is 7.56. The molecule has 3 saturated heterocycles. The van der Waals surface area contributed by atoms with Gasteiger partial charge in [0.05, 0.1) is 4.47 Å². The molecule has 12 heteroatoms. The number of amides is 1. The maximum atomic E-state index is 15.4. The number of aromatic nitrogens is 2. The van der Waals surface area contributed by atoms with Crippen molar-refractivity contribution in [2.45, 2.75) is 57.9 Å². The van der Waals surface area contributed by atoms with Crippen molar-refractivity contribution in [2.75, 3.05) is 51.2 Å². The van der Waals surface area contributed by atoms with Gasteiger partial charge in [-0.1, -0.05) is 0 Å². The van der Waals surface area contributed by atoms with E-state index in [1.807, 2.05) is 38.8 Å². The molecule has 4 heterocycles. The van der Waals surface area contributed by atoms with Crippen LogP contribution in [0.1, 0.15) is 40.0 Å². The van der Waals surface area contributed by atoms with E-state index in [1.54, 1.807) is 4.90 Å². The Balaban J connectivity index is 1.36. The van der Waals surface area contributed by atoms with Crippen molar-refractivity contribution in [2.24, 2.45) is 5.41 Å². The average molecular weight is 708 g/mol. The number of carbonyl (C=O) groups excluding carboxylic acids is 1. The molecular weight excluding hydrogens is 675 g/mol. The van der Waals surface area contributed by atoms with Crippen molar-refractivity contribution in [3.63, 3.8) is 0 Å². The number of nitrogens with zero attached hydrogens (tertiary/aromatic N) is 5. The van der Waals surface area contributed by atoms with Gasteiger partial charge in [-0.25, -0.2) is 13.6 Å². The van der Waals surface area contributed by atoms with E-state index >= 15 is 4.39 Å². The number of likely N-dealkylation sites (tertiary alicyclic amines) is 2. The molecule has 38 heavy (non-hydrogen) atoms. The summed E-state index contributed by atoms with van der Waals surface area (Å²) in [6, 6.07) is 1.87. The number of fused-ring (bicyclic) bond motifs is 1. The molecule has 0 radical (unpaired) electrons. The highest BCUT2D eigenvalue weighted by atomic mass is 127. The predicted octanol–water partition coefficient (Wildman–Crippen LogP) is 5.39. The largest absolute Gasteiger partial charge is 0.457 e. The summed E-state index contributed by atoms with van der Waals surface area (Å²) in [5, 5.41) is 0.600. The summed E-state index contributed by atoms with van der Waals surface area (Å²) in [5.41, 5.74) is -0.316. The van der Waals surface area contributed by atoms with Crippen molar-refractivity contribution in [1.82, 2.24) is 19.8 Å². The van der Waals surface area contributed by atoms with Crippen LogP contribution in [0.5, 0.6) is 6.01 Å². The molecule has 5 rings (SSSR count). The Labute approximate surface area is 243 Å². The van der Waals surface area contributed by atoms with E-state index in [1.165, 1.54) is 0 Å². The molecule has 0 N–H and O–H groups in total. The number of halogens is 4. The van der Waals surface area contributed by atoms with Gasteiger partial charge in [-0.3, -0.25) is 0 Å². The number of anilines is 1. The second kappa shape index (κ2) is 10.5. The van der Waals surface area contributed by atoms with Crippen LogP contribution in [-0.4, -0.2) is 90.1 Å². The summed E-state index contributed by atoms with van der Waals surface area (Å²) in [4.78, 5) is 27.3. The van der Waals surface area contributed by atoms with Gasteiger partial charge in [-0.15, -0.1) is 0 Å². The lowest BCUT2D eigenvalue weighted by atomic mass is 9.72. The number of alkyl halides is 1. The minimum atomic E-state index is -1.17. The van der Waals surface area contributed by atoms with E-state index in [4.69, 9.17) is 14.5 Å². The molecule has 0 bridgehead atoms. The molecule has 2 atom stereocenters. The standard InChI is InChI=1S/C26H33BrF2IN5O3/c1-25(2,3)38-24(36)35-13-26(14-35)6-9-34(10-7-26)22-15-11-17(30)19(27)20(29)21(15)31-23(32-22)37-18-5-8-33(4)12-16(18)28/h11,16,18H,5-10,12-14H2,1-4H3. The predicted molar refractivity (Wildman–Crippen MR) is 153 cm³/mol. The SMILES string of the molecule is CN1CCC(Oc2nc(N3CCC4(CC3)CN(C(=O)OC(C)(C)C)C4)c3cc(I)c(Br)c(F)c3n2)C(F)C1. The fourth-order valence-corrected chi connectivity index (χ4v) is 6.31. The fraction of sp³-hybridized carbons (Fsp3) is 0.654. The van der Waals surface area contributed by atoms with Gasteiger partial charge in [-0.2, -0.15) is 9.97 Å². The summed E-state index contributed by atoms with van der Waals surface area (Å²) in [7, 11) is 1.87. The lowest BCUT2D eigenvalue weighted by Crippen LogP contribution is -2.62. The molecular formula is C26H33BrF2IN5O3. The Kier molecular flexibility index (Phi) is 7.71. The van der Waals surface area contributed by atoms with Gasteiger partial charge in [-0.05, 0) is 85.2 Å². The number of hydrogen-bond acceptors (Lipinski definition) is 7. The number of ether oxygens (including phenoxy) is 2. The summed E-state index contributed by atoms with van der Waals surface area (Å²) in [6.07, 6.45) is 0.117. The van der Waals surface area contributed by atoms with Crippen molar-refractivity contribution < 1.29 is 23.0 Å². The quantitative estimate of drug-likeness (QED) is 0.313. The highest BCUT2D eigenvalue weighted by molar-refractivity contribution is 14.1.